The van der Waals surface area contributed by atoms with Gasteiger partial charge in [-0.2, -0.15) is 4.72 Å². The summed E-state index contributed by atoms with van der Waals surface area (Å²) >= 11 is 1.09. The zero-order valence-corrected chi connectivity index (χ0v) is 16.8. The van der Waals surface area contributed by atoms with Crippen LogP contribution in [0.5, 0.6) is 5.75 Å². The van der Waals surface area contributed by atoms with Crippen molar-refractivity contribution in [3.8, 4) is 5.75 Å². The normalized spacial score (nSPS) is 12.7. The van der Waals surface area contributed by atoms with E-state index in [2.05, 4.69) is 10.0 Å². The topological polar surface area (TPSA) is 84.5 Å². The van der Waals surface area contributed by atoms with Crippen molar-refractivity contribution in [3.63, 3.8) is 0 Å². The SMILES string of the molecule is CC(C)C(NS(=O)(=O)c1cccs1)C(=O)NCCCOc1ccccc1F. The third-order valence-electron chi connectivity index (χ3n) is 3.71. The summed E-state index contributed by atoms with van der Waals surface area (Å²) in [6, 6.07) is 8.33. The zero-order chi connectivity index (χ0) is 19.9. The summed E-state index contributed by atoms with van der Waals surface area (Å²) in [6.07, 6.45) is 0.461. The Kier molecular flexibility index (Phi) is 7.76. The summed E-state index contributed by atoms with van der Waals surface area (Å²) in [5.41, 5.74) is 0. The Labute approximate surface area is 162 Å². The first kappa shape index (κ1) is 21.3. The maximum Gasteiger partial charge on any atom is 0.250 e. The molecule has 1 unspecified atom stereocenters. The van der Waals surface area contributed by atoms with E-state index in [-0.39, 0.29) is 29.0 Å². The van der Waals surface area contributed by atoms with Gasteiger partial charge in [-0.25, -0.2) is 12.8 Å². The van der Waals surface area contributed by atoms with Gasteiger partial charge in [0.2, 0.25) is 5.91 Å². The molecule has 27 heavy (non-hydrogen) atoms. The van der Waals surface area contributed by atoms with Gasteiger partial charge in [0, 0.05) is 6.54 Å². The summed E-state index contributed by atoms with van der Waals surface area (Å²) in [5.74, 6) is -0.914. The van der Waals surface area contributed by atoms with Crippen molar-refractivity contribution in [1.82, 2.24) is 10.0 Å². The van der Waals surface area contributed by atoms with Crippen LogP contribution in [0.25, 0.3) is 0 Å². The van der Waals surface area contributed by atoms with Crippen molar-refractivity contribution >= 4 is 27.3 Å². The second-order valence-electron chi connectivity index (χ2n) is 6.20. The van der Waals surface area contributed by atoms with Gasteiger partial charge in [0.1, 0.15) is 10.3 Å². The summed E-state index contributed by atoms with van der Waals surface area (Å²) in [4.78, 5) is 12.4. The molecule has 1 aromatic carbocycles. The Morgan fingerprint density at radius 3 is 2.59 bits per heavy atom. The number of benzene rings is 1. The molecule has 0 bridgehead atoms. The van der Waals surface area contributed by atoms with Crippen molar-refractivity contribution in [1.29, 1.82) is 0 Å². The first-order valence-electron chi connectivity index (χ1n) is 8.52. The Morgan fingerprint density at radius 2 is 1.96 bits per heavy atom. The summed E-state index contributed by atoms with van der Waals surface area (Å²) in [6.45, 7) is 4.05. The van der Waals surface area contributed by atoms with Crippen LogP contribution in [0.3, 0.4) is 0 Å². The average Bonchev–Trinajstić information content (AvgIpc) is 3.16. The minimum absolute atomic E-state index is 0.160. The first-order valence-corrected chi connectivity index (χ1v) is 10.9. The van der Waals surface area contributed by atoms with E-state index in [1.165, 1.54) is 18.2 Å². The van der Waals surface area contributed by atoms with E-state index >= 15 is 0 Å². The van der Waals surface area contributed by atoms with Gasteiger partial charge < -0.3 is 10.1 Å². The average molecular weight is 415 g/mol. The maximum absolute atomic E-state index is 13.4. The number of halogens is 1. The molecule has 2 rings (SSSR count). The Balaban J connectivity index is 1.82. The van der Waals surface area contributed by atoms with Crippen molar-refractivity contribution in [2.75, 3.05) is 13.2 Å². The van der Waals surface area contributed by atoms with Gasteiger partial charge in [-0.3, -0.25) is 4.79 Å². The summed E-state index contributed by atoms with van der Waals surface area (Å²) in [7, 11) is -3.74. The van der Waals surface area contributed by atoms with Crippen LogP contribution in [0.2, 0.25) is 0 Å². The monoisotopic (exact) mass is 414 g/mol. The number of hydrogen-bond donors (Lipinski definition) is 2. The van der Waals surface area contributed by atoms with Crippen LogP contribution in [-0.2, 0) is 14.8 Å². The lowest BCUT2D eigenvalue weighted by atomic mass is 10.1. The van der Waals surface area contributed by atoms with Crippen LogP contribution in [0, 0.1) is 11.7 Å². The number of para-hydroxylation sites is 1. The van der Waals surface area contributed by atoms with E-state index in [1.807, 2.05) is 0 Å². The Hall–Kier alpha value is -1.97. The van der Waals surface area contributed by atoms with E-state index < -0.39 is 27.8 Å². The Bertz CT molecular complexity index is 839. The Morgan fingerprint density at radius 1 is 1.22 bits per heavy atom. The molecule has 148 valence electrons. The van der Waals surface area contributed by atoms with Crippen LogP contribution in [0.1, 0.15) is 20.3 Å². The number of sulfonamides is 1. The van der Waals surface area contributed by atoms with E-state index in [9.17, 15) is 17.6 Å². The molecule has 0 spiro atoms. The summed E-state index contributed by atoms with van der Waals surface area (Å²) in [5, 5.41) is 4.36. The highest BCUT2D eigenvalue weighted by molar-refractivity contribution is 7.91. The fourth-order valence-electron chi connectivity index (χ4n) is 2.27. The number of rotatable bonds is 10. The molecule has 1 atom stereocenters. The molecule has 9 heteroatoms. The second-order valence-corrected chi connectivity index (χ2v) is 9.09. The second kappa shape index (κ2) is 9.82. The number of ether oxygens (including phenoxy) is 1. The molecule has 0 fully saturated rings. The molecule has 1 heterocycles. The quantitative estimate of drug-likeness (QED) is 0.586. The highest BCUT2D eigenvalue weighted by atomic mass is 32.2. The molecule has 6 nitrogen and oxygen atoms in total. The number of thiophene rings is 1. The van der Waals surface area contributed by atoms with Gasteiger partial charge in [-0.15, -0.1) is 11.3 Å². The van der Waals surface area contributed by atoms with Gasteiger partial charge in [-0.1, -0.05) is 32.0 Å². The van der Waals surface area contributed by atoms with E-state index in [1.54, 1.807) is 37.4 Å². The maximum atomic E-state index is 13.4. The molecule has 0 aliphatic heterocycles. The predicted octanol–water partition coefficient (Wildman–Crippen LogP) is 2.78. The van der Waals surface area contributed by atoms with E-state index in [0.29, 0.717) is 6.42 Å². The van der Waals surface area contributed by atoms with E-state index in [4.69, 9.17) is 4.74 Å². The van der Waals surface area contributed by atoms with Crippen LogP contribution in [-0.4, -0.2) is 33.5 Å². The number of hydrogen-bond acceptors (Lipinski definition) is 5. The molecular weight excluding hydrogens is 391 g/mol. The lowest BCUT2D eigenvalue weighted by molar-refractivity contribution is -0.123. The molecule has 0 saturated carbocycles. The minimum Gasteiger partial charge on any atom is -0.490 e. The van der Waals surface area contributed by atoms with Crippen molar-refractivity contribution < 1.29 is 22.3 Å². The van der Waals surface area contributed by atoms with Crippen molar-refractivity contribution in [2.45, 2.75) is 30.5 Å². The van der Waals surface area contributed by atoms with Crippen LogP contribution < -0.4 is 14.8 Å². The third kappa shape index (κ3) is 6.30. The standard InChI is InChI=1S/C18H23FN2O4S2/c1-13(2)17(21-27(23,24)16-9-5-12-26-16)18(22)20-10-6-11-25-15-8-4-3-7-14(15)19/h3-5,7-9,12-13,17,21H,6,10-11H2,1-2H3,(H,20,22). The van der Waals surface area contributed by atoms with Crippen LogP contribution in [0.15, 0.2) is 46.0 Å². The lowest BCUT2D eigenvalue weighted by Gasteiger charge is -2.21. The number of carbonyl (C=O) groups is 1. The van der Waals surface area contributed by atoms with E-state index in [0.717, 1.165) is 11.3 Å². The molecular formula is C18H23FN2O4S2. The fourth-order valence-corrected chi connectivity index (χ4v) is 4.63. The minimum atomic E-state index is -3.74. The van der Waals surface area contributed by atoms with Gasteiger partial charge in [-0.05, 0) is 35.9 Å². The molecule has 2 aromatic rings. The number of carbonyl (C=O) groups excluding carboxylic acids is 1. The molecule has 0 aliphatic carbocycles. The first-order chi connectivity index (χ1) is 12.8. The van der Waals surface area contributed by atoms with Crippen molar-refractivity contribution in [3.05, 3.63) is 47.6 Å². The smallest absolute Gasteiger partial charge is 0.250 e. The zero-order valence-electron chi connectivity index (χ0n) is 15.1. The highest BCUT2D eigenvalue weighted by Crippen LogP contribution is 2.17. The fraction of sp³-hybridized carbons (Fsp3) is 0.389. The largest absolute Gasteiger partial charge is 0.490 e. The molecule has 0 saturated heterocycles. The molecule has 0 radical (unpaired) electrons. The molecule has 1 aromatic heterocycles. The number of amides is 1. The molecule has 2 N–H and O–H groups in total. The number of nitrogens with one attached hydrogen (secondary N) is 2. The molecule has 0 aliphatic rings. The lowest BCUT2D eigenvalue weighted by Crippen LogP contribution is -2.49. The third-order valence-corrected chi connectivity index (χ3v) is 6.54. The highest BCUT2D eigenvalue weighted by Gasteiger charge is 2.28. The molecule has 1 amide bonds. The summed E-state index contributed by atoms with van der Waals surface area (Å²) < 4.78 is 46.1. The van der Waals surface area contributed by atoms with Gasteiger partial charge >= 0.3 is 0 Å². The van der Waals surface area contributed by atoms with Gasteiger partial charge in [0.05, 0.1) is 6.61 Å². The van der Waals surface area contributed by atoms with Gasteiger partial charge in [0.15, 0.2) is 11.6 Å². The van der Waals surface area contributed by atoms with Crippen LogP contribution >= 0.6 is 11.3 Å². The van der Waals surface area contributed by atoms with Crippen LogP contribution in [0.4, 0.5) is 4.39 Å². The predicted molar refractivity (Wildman–Crippen MR) is 103 cm³/mol. The van der Waals surface area contributed by atoms with Gasteiger partial charge in [0.25, 0.3) is 10.0 Å². The van der Waals surface area contributed by atoms with Crippen molar-refractivity contribution in [2.24, 2.45) is 5.92 Å².